The van der Waals surface area contributed by atoms with Gasteiger partial charge in [-0.2, -0.15) is 0 Å². The molecule has 0 aliphatic heterocycles. The maximum absolute atomic E-state index is 12.6. The van der Waals surface area contributed by atoms with Crippen LogP contribution in [0.1, 0.15) is 15.2 Å². The van der Waals surface area contributed by atoms with Crippen LogP contribution in [0.3, 0.4) is 0 Å². The molecule has 31 heavy (non-hydrogen) atoms. The summed E-state index contributed by atoms with van der Waals surface area (Å²) in [6, 6.07) is 19.7. The van der Waals surface area contributed by atoms with Crippen LogP contribution in [0.2, 0.25) is 5.02 Å². The van der Waals surface area contributed by atoms with E-state index in [1.807, 2.05) is 30.3 Å². The lowest BCUT2D eigenvalue weighted by Gasteiger charge is -2.10. The van der Waals surface area contributed by atoms with Crippen molar-refractivity contribution in [3.63, 3.8) is 0 Å². The minimum Gasteiger partial charge on any atom is -0.468 e. The van der Waals surface area contributed by atoms with Gasteiger partial charge in [0.15, 0.2) is 0 Å². The number of ether oxygens (including phenoxy) is 1. The fraction of sp³-hybridized carbons (Fsp3) is 0.0870. The molecule has 0 radical (unpaired) electrons. The summed E-state index contributed by atoms with van der Waals surface area (Å²) in [5, 5.41) is 5.69. The summed E-state index contributed by atoms with van der Waals surface area (Å²) in [5.74, 6) is -1.65. The number of rotatable bonds is 7. The van der Waals surface area contributed by atoms with Gasteiger partial charge in [-0.1, -0.05) is 48.0 Å². The van der Waals surface area contributed by atoms with E-state index >= 15 is 0 Å². The Morgan fingerprint density at radius 3 is 2.42 bits per heavy atom. The number of benzene rings is 2. The van der Waals surface area contributed by atoms with Crippen LogP contribution in [-0.2, 0) is 14.3 Å². The molecule has 0 aliphatic carbocycles. The van der Waals surface area contributed by atoms with Gasteiger partial charge in [-0.3, -0.25) is 14.4 Å². The summed E-state index contributed by atoms with van der Waals surface area (Å²) < 4.78 is 4.54. The molecule has 1 heterocycles. The van der Waals surface area contributed by atoms with E-state index < -0.39 is 17.8 Å². The smallest absolute Gasteiger partial charge is 0.325 e. The average Bonchev–Trinajstić information content (AvgIpc) is 3.25. The Bertz CT molecular complexity index is 1130. The van der Waals surface area contributed by atoms with Crippen molar-refractivity contribution in [3.8, 4) is 10.4 Å². The zero-order valence-electron chi connectivity index (χ0n) is 16.6. The molecule has 2 amide bonds. The molecule has 3 rings (SSSR count). The van der Waals surface area contributed by atoms with E-state index in [2.05, 4.69) is 15.4 Å². The quantitative estimate of drug-likeness (QED) is 0.415. The summed E-state index contributed by atoms with van der Waals surface area (Å²) in [7, 11) is 1.23. The molecular weight excluding hydrogens is 436 g/mol. The predicted molar refractivity (Wildman–Crippen MR) is 122 cm³/mol. The number of halogens is 1. The normalized spacial score (nSPS) is 11.0. The van der Waals surface area contributed by atoms with E-state index in [4.69, 9.17) is 11.6 Å². The number of carbonyl (C=O) groups excluding carboxylic acids is 3. The first-order valence-corrected chi connectivity index (χ1v) is 10.4. The van der Waals surface area contributed by atoms with Crippen molar-refractivity contribution >= 4 is 46.8 Å². The Balaban J connectivity index is 1.87. The Kier molecular flexibility index (Phi) is 7.59. The number of nitrogens with one attached hydrogen (secondary N) is 2. The molecule has 2 N–H and O–H groups in total. The fourth-order valence-corrected chi connectivity index (χ4v) is 3.93. The molecule has 8 heteroatoms. The van der Waals surface area contributed by atoms with Crippen LogP contribution in [0.15, 0.2) is 72.4 Å². The molecule has 0 unspecified atom stereocenters. The van der Waals surface area contributed by atoms with E-state index in [1.54, 1.807) is 42.5 Å². The largest absolute Gasteiger partial charge is 0.468 e. The van der Waals surface area contributed by atoms with Crippen LogP contribution >= 0.6 is 22.9 Å². The highest BCUT2D eigenvalue weighted by molar-refractivity contribution is 7.16. The molecule has 0 saturated heterocycles. The number of carbonyl (C=O) groups is 3. The van der Waals surface area contributed by atoms with E-state index in [1.165, 1.54) is 18.4 Å². The number of esters is 1. The maximum Gasteiger partial charge on any atom is 0.325 e. The lowest BCUT2D eigenvalue weighted by molar-refractivity contribution is -0.140. The predicted octanol–water partition coefficient (Wildman–Crippen LogP) is 4.13. The minimum absolute atomic E-state index is 0.00492. The van der Waals surface area contributed by atoms with Gasteiger partial charge >= 0.3 is 5.97 Å². The highest BCUT2D eigenvalue weighted by Gasteiger charge is 2.16. The standard InChI is InChI=1S/C23H19ClN2O4S/c1-30-21(27)14-25-23(29)19(26-22(28)15-7-3-2-4-8-15)13-16-11-12-20(31-16)17-9-5-6-10-18(17)24/h2-13H,14H2,1H3,(H,25,29)(H,26,28)/b19-13-. The van der Waals surface area contributed by atoms with E-state index in [9.17, 15) is 14.4 Å². The van der Waals surface area contributed by atoms with Crippen LogP contribution in [-0.4, -0.2) is 31.4 Å². The van der Waals surface area contributed by atoms with Crippen molar-refractivity contribution < 1.29 is 19.1 Å². The third-order valence-electron chi connectivity index (χ3n) is 4.20. The van der Waals surface area contributed by atoms with Gasteiger partial charge in [-0.15, -0.1) is 11.3 Å². The van der Waals surface area contributed by atoms with Gasteiger partial charge < -0.3 is 15.4 Å². The molecule has 0 fully saturated rings. The van der Waals surface area contributed by atoms with Crippen molar-refractivity contribution in [2.75, 3.05) is 13.7 Å². The van der Waals surface area contributed by atoms with Crippen molar-refractivity contribution in [1.29, 1.82) is 0 Å². The first-order chi connectivity index (χ1) is 15.0. The van der Waals surface area contributed by atoms with Gasteiger partial charge in [-0.25, -0.2) is 0 Å². The Hall–Kier alpha value is -3.42. The average molecular weight is 455 g/mol. The van der Waals surface area contributed by atoms with E-state index in [0.29, 0.717) is 10.6 Å². The first-order valence-electron chi connectivity index (χ1n) is 9.26. The molecule has 3 aromatic rings. The van der Waals surface area contributed by atoms with Gasteiger partial charge in [0.1, 0.15) is 12.2 Å². The molecule has 0 bridgehead atoms. The summed E-state index contributed by atoms with van der Waals surface area (Å²) in [6.07, 6.45) is 1.55. The third kappa shape index (κ3) is 6.04. The zero-order valence-corrected chi connectivity index (χ0v) is 18.1. The van der Waals surface area contributed by atoms with Crippen molar-refractivity contribution in [2.24, 2.45) is 0 Å². The van der Waals surface area contributed by atoms with Crippen LogP contribution < -0.4 is 10.6 Å². The monoisotopic (exact) mass is 454 g/mol. The SMILES string of the molecule is COC(=O)CNC(=O)/C(=C/c1ccc(-c2ccccc2Cl)s1)NC(=O)c1ccccc1. The highest BCUT2D eigenvalue weighted by atomic mass is 35.5. The van der Waals surface area contributed by atoms with Crippen molar-refractivity contribution in [1.82, 2.24) is 10.6 Å². The van der Waals surface area contributed by atoms with Crippen LogP contribution in [0.4, 0.5) is 0 Å². The molecule has 0 atom stereocenters. The molecule has 0 spiro atoms. The summed E-state index contributed by atoms with van der Waals surface area (Å²) in [5.41, 5.74) is 1.28. The molecule has 2 aromatic carbocycles. The Labute approximate surface area is 188 Å². The molecule has 0 aliphatic rings. The molecular formula is C23H19ClN2O4S. The second-order valence-electron chi connectivity index (χ2n) is 6.32. The lowest BCUT2D eigenvalue weighted by Crippen LogP contribution is -2.37. The first kappa shape index (κ1) is 22.3. The third-order valence-corrected chi connectivity index (χ3v) is 5.60. The maximum atomic E-state index is 12.6. The minimum atomic E-state index is -0.609. The molecule has 0 saturated carbocycles. The fourth-order valence-electron chi connectivity index (χ4n) is 2.64. The topological polar surface area (TPSA) is 84.5 Å². The van der Waals surface area contributed by atoms with E-state index in [-0.39, 0.29) is 12.2 Å². The number of thiophene rings is 1. The second-order valence-corrected chi connectivity index (χ2v) is 7.84. The van der Waals surface area contributed by atoms with Gasteiger partial charge in [0.2, 0.25) is 0 Å². The summed E-state index contributed by atoms with van der Waals surface area (Å²) in [6.45, 7) is -0.316. The van der Waals surface area contributed by atoms with Crippen molar-refractivity contribution in [3.05, 3.63) is 87.9 Å². The van der Waals surface area contributed by atoms with Gasteiger partial charge in [0, 0.05) is 25.9 Å². The summed E-state index contributed by atoms with van der Waals surface area (Å²) in [4.78, 5) is 38.2. The van der Waals surface area contributed by atoms with Crippen LogP contribution in [0.5, 0.6) is 0 Å². The zero-order chi connectivity index (χ0) is 22.2. The van der Waals surface area contributed by atoms with Gasteiger partial charge in [0.25, 0.3) is 11.8 Å². The van der Waals surface area contributed by atoms with Gasteiger partial charge in [0.05, 0.1) is 7.11 Å². The Morgan fingerprint density at radius 2 is 1.71 bits per heavy atom. The molecule has 158 valence electrons. The second kappa shape index (κ2) is 10.6. The molecule has 6 nitrogen and oxygen atoms in total. The van der Waals surface area contributed by atoms with Crippen LogP contribution in [0.25, 0.3) is 16.5 Å². The lowest BCUT2D eigenvalue weighted by atomic mass is 10.2. The number of amides is 2. The van der Waals surface area contributed by atoms with Crippen molar-refractivity contribution in [2.45, 2.75) is 0 Å². The Morgan fingerprint density at radius 1 is 1.00 bits per heavy atom. The summed E-state index contributed by atoms with van der Waals surface area (Å²) >= 11 is 7.69. The van der Waals surface area contributed by atoms with E-state index in [0.717, 1.165) is 15.3 Å². The highest BCUT2D eigenvalue weighted by Crippen LogP contribution is 2.33. The number of hydrogen-bond acceptors (Lipinski definition) is 5. The molecule has 1 aromatic heterocycles. The number of hydrogen-bond donors (Lipinski definition) is 2. The number of methoxy groups -OCH3 is 1. The van der Waals surface area contributed by atoms with Crippen LogP contribution in [0, 0.1) is 0 Å². The van der Waals surface area contributed by atoms with Gasteiger partial charge in [-0.05, 0) is 36.4 Å².